The molecule has 2 aliphatic rings. The van der Waals surface area contributed by atoms with Crippen molar-refractivity contribution >= 4 is 41.2 Å². The van der Waals surface area contributed by atoms with Crippen LogP contribution in [0.2, 0.25) is 4.34 Å². The first-order valence-electron chi connectivity index (χ1n) is 8.44. The molecule has 1 aromatic heterocycles. The molecule has 0 radical (unpaired) electrons. The van der Waals surface area contributed by atoms with Crippen molar-refractivity contribution in [1.29, 1.82) is 0 Å². The van der Waals surface area contributed by atoms with Crippen LogP contribution in [-0.4, -0.2) is 57.4 Å². The summed E-state index contributed by atoms with van der Waals surface area (Å²) in [6.45, 7) is 0.462. The molecule has 2 aliphatic heterocycles. The summed E-state index contributed by atoms with van der Waals surface area (Å²) in [5, 5.41) is 14.3. The number of hydrogen-bond acceptors (Lipinski definition) is 6. The zero-order valence-electron chi connectivity index (χ0n) is 14.6. The average Bonchev–Trinajstić information content (AvgIpc) is 3.23. The molecule has 0 saturated carbocycles. The standard InChI is InChI=1S/C17H13ClF2N4O4S/c18-14-13(15(25)26)22-16(29-14)28-11-6-23(7-11)17(27)24-12(1-2-21-24)8-3-9(19)5-10(20)4-8/h2-5,11-12H,1,6-7H2,(H,25,26). The fourth-order valence-electron chi connectivity index (χ4n) is 3.06. The van der Waals surface area contributed by atoms with Crippen LogP contribution in [-0.2, 0) is 0 Å². The molecule has 1 atom stereocenters. The molecular formula is C17H13ClF2N4O4S. The molecule has 1 unspecified atom stereocenters. The van der Waals surface area contributed by atoms with Crippen LogP contribution in [0.3, 0.4) is 0 Å². The molecule has 1 saturated heterocycles. The van der Waals surface area contributed by atoms with Gasteiger partial charge in [-0.2, -0.15) is 10.1 Å². The Morgan fingerprint density at radius 1 is 1.24 bits per heavy atom. The minimum absolute atomic E-state index is 0.0105. The summed E-state index contributed by atoms with van der Waals surface area (Å²) >= 11 is 6.70. The molecule has 3 heterocycles. The van der Waals surface area contributed by atoms with Gasteiger partial charge in [0.2, 0.25) is 0 Å². The highest BCUT2D eigenvalue weighted by atomic mass is 35.5. The van der Waals surface area contributed by atoms with E-state index < -0.39 is 29.7 Å². The number of amides is 2. The maximum Gasteiger partial charge on any atom is 0.357 e. The van der Waals surface area contributed by atoms with Crippen molar-refractivity contribution in [2.24, 2.45) is 5.10 Å². The summed E-state index contributed by atoms with van der Waals surface area (Å²) in [6, 6.07) is 2.11. The first-order valence-corrected chi connectivity index (χ1v) is 9.64. The van der Waals surface area contributed by atoms with E-state index in [2.05, 4.69) is 10.1 Å². The molecule has 0 spiro atoms. The predicted molar refractivity (Wildman–Crippen MR) is 99.5 cm³/mol. The van der Waals surface area contributed by atoms with Gasteiger partial charge in [0, 0.05) is 18.7 Å². The summed E-state index contributed by atoms with van der Waals surface area (Å²) in [5.41, 5.74) is 0.0378. The van der Waals surface area contributed by atoms with E-state index in [9.17, 15) is 18.4 Å². The lowest BCUT2D eigenvalue weighted by atomic mass is 10.0. The second-order valence-electron chi connectivity index (χ2n) is 6.43. The molecule has 1 aromatic carbocycles. The second kappa shape index (κ2) is 7.56. The van der Waals surface area contributed by atoms with Crippen molar-refractivity contribution in [2.45, 2.75) is 18.6 Å². The molecule has 1 fully saturated rings. The number of carboxylic acid groups (broad SMARTS) is 1. The number of carbonyl (C=O) groups excluding carboxylic acids is 1. The van der Waals surface area contributed by atoms with Crippen LogP contribution in [0.5, 0.6) is 5.19 Å². The molecule has 2 aromatic rings. The van der Waals surface area contributed by atoms with Gasteiger partial charge in [0.15, 0.2) is 5.69 Å². The minimum Gasteiger partial charge on any atom is -0.476 e. The number of nitrogens with zero attached hydrogens (tertiary/aromatic N) is 4. The zero-order valence-corrected chi connectivity index (χ0v) is 16.2. The van der Waals surface area contributed by atoms with Crippen molar-refractivity contribution in [1.82, 2.24) is 14.9 Å². The van der Waals surface area contributed by atoms with E-state index in [0.717, 1.165) is 17.4 Å². The van der Waals surface area contributed by atoms with Gasteiger partial charge in [-0.3, -0.25) is 0 Å². The van der Waals surface area contributed by atoms with Crippen LogP contribution in [0.15, 0.2) is 23.3 Å². The lowest BCUT2D eigenvalue weighted by Crippen LogP contribution is -2.58. The number of hydrogen-bond donors (Lipinski definition) is 1. The first kappa shape index (κ1) is 19.5. The Kier molecular flexibility index (Phi) is 5.09. The van der Waals surface area contributed by atoms with Gasteiger partial charge >= 0.3 is 12.0 Å². The quantitative estimate of drug-likeness (QED) is 0.783. The number of carboxylic acids is 1. The van der Waals surface area contributed by atoms with Crippen molar-refractivity contribution in [3.8, 4) is 5.19 Å². The minimum atomic E-state index is -1.25. The van der Waals surface area contributed by atoms with Crippen LogP contribution in [0, 0.1) is 11.6 Å². The van der Waals surface area contributed by atoms with Crippen molar-refractivity contribution < 1.29 is 28.2 Å². The van der Waals surface area contributed by atoms with E-state index in [-0.39, 0.29) is 34.4 Å². The first-order chi connectivity index (χ1) is 13.8. The fraction of sp³-hybridized carbons (Fsp3) is 0.294. The number of urea groups is 1. The van der Waals surface area contributed by atoms with Gasteiger partial charge in [-0.05, 0) is 17.7 Å². The number of hydrazone groups is 1. The Bertz CT molecular complexity index is 991. The average molecular weight is 443 g/mol. The summed E-state index contributed by atoms with van der Waals surface area (Å²) in [7, 11) is 0. The van der Waals surface area contributed by atoms with Gasteiger partial charge in [0.1, 0.15) is 22.1 Å². The molecular weight excluding hydrogens is 430 g/mol. The maximum absolute atomic E-state index is 13.5. The van der Waals surface area contributed by atoms with E-state index in [1.807, 2.05) is 0 Å². The van der Waals surface area contributed by atoms with E-state index in [0.29, 0.717) is 12.0 Å². The Balaban J connectivity index is 1.38. The van der Waals surface area contributed by atoms with E-state index in [1.54, 1.807) is 0 Å². The largest absolute Gasteiger partial charge is 0.476 e. The topological polar surface area (TPSA) is 95.3 Å². The van der Waals surface area contributed by atoms with E-state index in [1.165, 1.54) is 28.3 Å². The van der Waals surface area contributed by atoms with E-state index >= 15 is 0 Å². The summed E-state index contributed by atoms with van der Waals surface area (Å²) in [4.78, 5) is 28.9. The van der Waals surface area contributed by atoms with Gasteiger partial charge in [0.25, 0.3) is 5.19 Å². The Hall–Kier alpha value is -2.79. The van der Waals surface area contributed by atoms with Gasteiger partial charge in [0.05, 0.1) is 19.1 Å². The third-order valence-corrected chi connectivity index (χ3v) is 5.60. The number of likely N-dealkylation sites (tertiary alicyclic amines) is 1. The summed E-state index contributed by atoms with van der Waals surface area (Å²) in [5.74, 6) is -2.70. The zero-order chi connectivity index (χ0) is 20.7. The number of rotatable bonds is 4. The van der Waals surface area contributed by atoms with Gasteiger partial charge < -0.3 is 14.7 Å². The fourth-order valence-corrected chi connectivity index (χ4v) is 4.09. The molecule has 152 valence electrons. The predicted octanol–water partition coefficient (Wildman–Crippen LogP) is 3.39. The lowest BCUT2D eigenvalue weighted by Gasteiger charge is -2.40. The van der Waals surface area contributed by atoms with Crippen LogP contribution >= 0.6 is 22.9 Å². The molecule has 2 amide bonds. The molecule has 0 aliphatic carbocycles. The van der Waals surface area contributed by atoms with Crippen LogP contribution in [0.25, 0.3) is 0 Å². The van der Waals surface area contributed by atoms with Gasteiger partial charge in [-0.15, -0.1) is 0 Å². The van der Waals surface area contributed by atoms with E-state index in [4.69, 9.17) is 21.4 Å². The molecule has 1 N–H and O–H groups in total. The normalized spacial score (nSPS) is 18.8. The summed E-state index contributed by atoms with van der Waals surface area (Å²) < 4.78 is 32.6. The van der Waals surface area contributed by atoms with Crippen molar-refractivity contribution in [3.05, 3.63) is 45.4 Å². The van der Waals surface area contributed by atoms with Crippen LogP contribution in [0.1, 0.15) is 28.5 Å². The Morgan fingerprint density at radius 3 is 2.55 bits per heavy atom. The van der Waals surface area contributed by atoms with Crippen LogP contribution < -0.4 is 4.74 Å². The molecule has 4 rings (SSSR count). The van der Waals surface area contributed by atoms with Crippen molar-refractivity contribution in [2.75, 3.05) is 13.1 Å². The number of thiazole rings is 1. The number of benzene rings is 1. The highest BCUT2D eigenvalue weighted by Gasteiger charge is 2.39. The Morgan fingerprint density at radius 2 is 1.93 bits per heavy atom. The maximum atomic E-state index is 13.5. The molecule has 12 heteroatoms. The third-order valence-electron chi connectivity index (χ3n) is 4.45. The highest BCUT2D eigenvalue weighted by Crippen LogP contribution is 2.33. The smallest absolute Gasteiger partial charge is 0.357 e. The Labute approximate surface area is 172 Å². The van der Waals surface area contributed by atoms with Crippen molar-refractivity contribution in [3.63, 3.8) is 0 Å². The molecule has 0 bridgehead atoms. The van der Waals surface area contributed by atoms with Crippen LogP contribution in [0.4, 0.5) is 13.6 Å². The number of ether oxygens (including phenoxy) is 1. The number of aromatic carboxylic acids is 1. The van der Waals surface area contributed by atoms with Gasteiger partial charge in [-0.1, -0.05) is 22.9 Å². The number of carbonyl (C=O) groups is 2. The highest BCUT2D eigenvalue weighted by molar-refractivity contribution is 7.17. The molecule has 8 nitrogen and oxygen atoms in total. The molecule has 29 heavy (non-hydrogen) atoms. The SMILES string of the molecule is O=C(O)c1nc(OC2CN(C(=O)N3N=CCC3c3cc(F)cc(F)c3)C2)sc1Cl. The second-order valence-corrected chi connectivity index (χ2v) is 8.00. The third kappa shape index (κ3) is 3.87. The summed E-state index contributed by atoms with van der Waals surface area (Å²) in [6.07, 6.45) is 1.49. The number of halogens is 3. The number of aromatic nitrogens is 1. The monoisotopic (exact) mass is 442 g/mol. The van der Waals surface area contributed by atoms with Gasteiger partial charge in [-0.25, -0.2) is 23.4 Å². The lowest BCUT2D eigenvalue weighted by molar-refractivity contribution is 0.0274.